The van der Waals surface area contributed by atoms with E-state index >= 15 is 0 Å². The first-order valence-electron chi connectivity index (χ1n) is 22.6. The van der Waals surface area contributed by atoms with E-state index in [0.29, 0.717) is 0 Å². The lowest BCUT2D eigenvalue weighted by Gasteiger charge is -2.29. The maximum absolute atomic E-state index is 6.54. The maximum Gasteiger partial charge on any atom is 0.128 e. The molecule has 328 valence electrons. The van der Waals surface area contributed by atoms with Crippen molar-refractivity contribution < 1.29 is 4.74 Å². The summed E-state index contributed by atoms with van der Waals surface area (Å²) < 4.78 is 25.3. The SMILES string of the molecule is CC(C)(C)c1ccc(-c2ccc(-c3ccc(C(C)(C)C)s3)c3nsnc23)s1.CCCCCCCCCCCCCCOc1c(C)c(C(C)(C)C)c2nsnc2c1C(C)(C)C. The predicted octanol–water partition coefficient (Wildman–Crippen LogP) is 17.4. The quantitative estimate of drug-likeness (QED) is 0.0906. The minimum atomic E-state index is -0.0406. The average molecular weight is 887 g/mol. The van der Waals surface area contributed by atoms with Crippen LogP contribution < -0.4 is 4.74 Å². The molecule has 5 nitrogen and oxygen atoms in total. The van der Waals surface area contributed by atoms with Crippen LogP contribution in [0.25, 0.3) is 42.9 Å². The Bertz CT molecular complexity index is 2180. The molecule has 0 aliphatic heterocycles. The number of hydrogen-bond acceptors (Lipinski definition) is 9. The topological polar surface area (TPSA) is 60.8 Å². The van der Waals surface area contributed by atoms with Gasteiger partial charge in [0.05, 0.1) is 30.1 Å². The van der Waals surface area contributed by atoms with E-state index in [0.717, 1.165) is 40.8 Å². The Morgan fingerprint density at radius 2 is 0.833 bits per heavy atom. The highest BCUT2D eigenvalue weighted by Crippen LogP contribution is 2.46. The van der Waals surface area contributed by atoms with E-state index in [-0.39, 0.29) is 21.7 Å². The van der Waals surface area contributed by atoms with Crippen molar-refractivity contribution in [3.05, 3.63) is 62.8 Å². The molecule has 2 aromatic carbocycles. The summed E-state index contributed by atoms with van der Waals surface area (Å²) in [6.07, 6.45) is 16.3. The number of rotatable bonds is 16. The van der Waals surface area contributed by atoms with Crippen LogP contribution in [0.5, 0.6) is 5.75 Å². The van der Waals surface area contributed by atoms with E-state index in [9.17, 15) is 0 Å². The number of unbranched alkanes of at least 4 members (excludes halogenated alkanes) is 11. The number of nitrogens with zero attached hydrogens (tertiary/aromatic N) is 4. The molecule has 0 saturated carbocycles. The Balaban J connectivity index is 0.000000231. The lowest BCUT2D eigenvalue weighted by molar-refractivity contribution is 0.294. The zero-order valence-corrected chi connectivity index (χ0v) is 42.8. The fraction of sp³-hybridized carbons (Fsp3) is 0.608. The molecule has 0 fully saturated rings. The molecule has 0 unspecified atom stereocenters. The number of ether oxygens (including phenoxy) is 1. The Hall–Kier alpha value is -2.72. The highest BCUT2D eigenvalue weighted by molar-refractivity contribution is 7.16. The van der Waals surface area contributed by atoms with Gasteiger partial charge < -0.3 is 4.74 Å². The first-order valence-corrected chi connectivity index (χ1v) is 25.7. The molecule has 6 aromatic rings. The van der Waals surface area contributed by atoms with Crippen molar-refractivity contribution in [2.24, 2.45) is 0 Å². The molecule has 4 aromatic heterocycles. The summed E-state index contributed by atoms with van der Waals surface area (Å²) in [6, 6.07) is 13.4. The Morgan fingerprint density at radius 3 is 1.22 bits per heavy atom. The summed E-state index contributed by atoms with van der Waals surface area (Å²) in [5.74, 6) is 1.05. The van der Waals surface area contributed by atoms with Crippen molar-refractivity contribution in [3.8, 4) is 26.6 Å². The molecule has 4 heterocycles. The minimum absolute atomic E-state index is 0.00259. The smallest absolute Gasteiger partial charge is 0.128 e. The zero-order valence-electron chi connectivity index (χ0n) is 39.5. The van der Waals surface area contributed by atoms with E-state index < -0.39 is 0 Å². The van der Waals surface area contributed by atoms with E-state index in [1.54, 1.807) is 0 Å². The van der Waals surface area contributed by atoms with Crippen LogP contribution >= 0.6 is 46.1 Å². The molecule has 0 amide bonds. The molecule has 0 saturated heterocycles. The average Bonchev–Trinajstić information content (AvgIpc) is 3.99. The van der Waals surface area contributed by atoms with E-state index in [1.807, 2.05) is 22.7 Å². The van der Waals surface area contributed by atoms with Gasteiger partial charge in [0.15, 0.2) is 0 Å². The molecule has 0 radical (unpaired) electrons. The highest BCUT2D eigenvalue weighted by Gasteiger charge is 2.32. The van der Waals surface area contributed by atoms with Gasteiger partial charge in [-0.1, -0.05) is 173 Å². The molecule has 0 aliphatic carbocycles. The van der Waals surface area contributed by atoms with Crippen molar-refractivity contribution in [3.63, 3.8) is 0 Å². The van der Waals surface area contributed by atoms with E-state index in [4.69, 9.17) is 13.5 Å². The van der Waals surface area contributed by atoms with Crippen LogP contribution in [-0.4, -0.2) is 24.1 Å². The van der Waals surface area contributed by atoms with Crippen molar-refractivity contribution in [2.75, 3.05) is 6.61 Å². The molecule has 60 heavy (non-hydrogen) atoms. The number of thiophene rings is 2. The van der Waals surface area contributed by atoms with Gasteiger partial charge in [0.2, 0.25) is 0 Å². The summed E-state index contributed by atoms with van der Waals surface area (Å²) in [7, 11) is 0. The second-order valence-electron chi connectivity index (χ2n) is 20.9. The molecule has 6 rings (SSSR count). The number of fused-ring (bicyclic) bond motifs is 2. The fourth-order valence-corrected chi connectivity index (χ4v) is 11.4. The first-order chi connectivity index (χ1) is 28.2. The van der Waals surface area contributed by atoms with Crippen LogP contribution in [0.1, 0.15) is 194 Å². The first kappa shape index (κ1) is 48.3. The number of aromatic nitrogens is 4. The van der Waals surface area contributed by atoms with Gasteiger partial charge in [-0.3, -0.25) is 0 Å². The molecule has 0 atom stereocenters. The highest BCUT2D eigenvalue weighted by atomic mass is 32.1. The maximum atomic E-state index is 6.54. The van der Waals surface area contributed by atoms with Crippen LogP contribution in [0.3, 0.4) is 0 Å². The summed E-state index contributed by atoms with van der Waals surface area (Å²) in [5, 5.41) is 0. The predicted molar refractivity (Wildman–Crippen MR) is 268 cm³/mol. The van der Waals surface area contributed by atoms with Gasteiger partial charge in [-0.25, -0.2) is 0 Å². The molecular formula is C51H74N4OS4. The lowest BCUT2D eigenvalue weighted by Crippen LogP contribution is -2.20. The van der Waals surface area contributed by atoms with Gasteiger partial charge in [0, 0.05) is 36.2 Å². The van der Waals surface area contributed by atoms with E-state index in [2.05, 4.69) is 142 Å². The summed E-state index contributed by atoms with van der Waals surface area (Å²) in [5.41, 5.74) is 10.6. The van der Waals surface area contributed by atoms with Crippen LogP contribution in [0.2, 0.25) is 0 Å². The van der Waals surface area contributed by atoms with Gasteiger partial charge in [0.25, 0.3) is 0 Å². The van der Waals surface area contributed by atoms with Gasteiger partial charge in [-0.2, -0.15) is 17.5 Å². The van der Waals surface area contributed by atoms with Gasteiger partial charge >= 0.3 is 0 Å². The third-order valence-corrected chi connectivity index (χ3v) is 15.4. The van der Waals surface area contributed by atoms with Gasteiger partial charge in [-0.15, -0.1) is 22.7 Å². The standard InChI is InChI=1S/C29H50N2OS.C22H24N2S3/c1-9-10-11-12-13-14-15-16-17-18-19-20-21-32-27-22(2)23(28(3,4)5)25-26(31-33-30-25)24(27)29(6,7)8;1-21(2,3)17-11-9-15(25-17)13-7-8-14(20-19(13)23-27-24-20)16-10-12-18(26-16)22(4,5)6/h9-21H2,1-8H3;7-12H,1-6H3. The lowest BCUT2D eigenvalue weighted by atomic mass is 9.77. The number of hydrogen-bond donors (Lipinski definition) is 0. The minimum Gasteiger partial charge on any atom is -0.493 e. The summed E-state index contributed by atoms with van der Waals surface area (Å²) in [6.45, 7) is 32.4. The van der Waals surface area contributed by atoms with Crippen LogP contribution in [-0.2, 0) is 21.7 Å². The van der Waals surface area contributed by atoms with Gasteiger partial charge in [0.1, 0.15) is 27.8 Å². The molecular weight excluding hydrogens is 813 g/mol. The third kappa shape index (κ3) is 12.3. The summed E-state index contributed by atoms with van der Waals surface area (Å²) >= 11 is 6.35. The summed E-state index contributed by atoms with van der Waals surface area (Å²) in [4.78, 5) is 5.33. The van der Waals surface area contributed by atoms with Crippen molar-refractivity contribution in [2.45, 2.75) is 196 Å². The Morgan fingerprint density at radius 1 is 0.450 bits per heavy atom. The van der Waals surface area contributed by atoms with E-state index in [1.165, 1.54) is 141 Å². The van der Waals surface area contributed by atoms with Crippen LogP contribution in [0.15, 0.2) is 36.4 Å². The molecule has 9 heteroatoms. The second-order valence-corrected chi connectivity index (χ2v) is 24.1. The van der Waals surface area contributed by atoms with Crippen LogP contribution in [0, 0.1) is 6.92 Å². The fourth-order valence-electron chi connectivity index (χ4n) is 8.05. The molecule has 0 bridgehead atoms. The molecule has 0 spiro atoms. The second kappa shape index (κ2) is 20.6. The number of benzene rings is 2. The van der Waals surface area contributed by atoms with Crippen LogP contribution in [0.4, 0.5) is 0 Å². The largest absolute Gasteiger partial charge is 0.493 e. The van der Waals surface area contributed by atoms with Crippen molar-refractivity contribution >= 4 is 68.2 Å². The Kier molecular flexibility index (Phi) is 16.6. The third-order valence-electron chi connectivity index (χ3n) is 11.3. The molecule has 0 N–H and O–H groups in total. The monoisotopic (exact) mass is 886 g/mol. The molecule has 0 aliphatic rings. The Labute approximate surface area is 379 Å². The zero-order chi connectivity index (χ0) is 43.9. The van der Waals surface area contributed by atoms with Gasteiger partial charge in [-0.05, 0) is 70.4 Å². The van der Waals surface area contributed by atoms with Crippen molar-refractivity contribution in [1.82, 2.24) is 17.5 Å². The normalized spacial score (nSPS) is 12.7. The van der Waals surface area contributed by atoms with Crippen molar-refractivity contribution in [1.29, 1.82) is 0 Å².